The largest absolute Gasteiger partial charge is 0.341 e. The molecule has 5 nitrogen and oxygen atoms in total. The Morgan fingerprint density at radius 1 is 1.06 bits per heavy atom. The third kappa shape index (κ3) is 4.66. The molecule has 3 aromatic rings. The van der Waals surface area contributed by atoms with Crippen LogP contribution < -0.4 is 0 Å². The molecular formula is C24H27FN2O3S. The minimum atomic E-state index is -3.73. The third-order valence-corrected chi connectivity index (χ3v) is 7.57. The van der Waals surface area contributed by atoms with Gasteiger partial charge in [-0.25, -0.2) is 12.8 Å². The molecule has 0 N–H and O–H groups in total. The molecule has 0 radical (unpaired) electrons. The number of hydrogen-bond donors (Lipinski definition) is 0. The maximum Gasteiger partial charge on any atom is 0.242 e. The van der Waals surface area contributed by atoms with Crippen LogP contribution in [0.3, 0.4) is 0 Å². The van der Waals surface area contributed by atoms with Gasteiger partial charge in [-0.2, -0.15) is 0 Å². The zero-order chi connectivity index (χ0) is 22.2. The van der Waals surface area contributed by atoms with Crippen LogP contribution in [0.2, 0.25) is 0 Å². The number of fused-ring (bicyclic) bond motifs is 1. The molecule has 1 saturated heterocycles. The normalized spacial score (nSPS) is 19.6. The lowest BCUT2D eigenvalue weighted by atomic mass is 9.92. The van der Waals surface area contributed by atoms with Gasteiger partial charge < -0.3 is 9.47 Å². The van der Waals surface area contributed by atoms with Gasteiger partial charge >= 0.3 is 0 Å². The predicted octanol–water partition coefficient (Wildman–Crippen LogP) is 4.26. The number of amides is 1. The lowest BCUT2D eigenvalue weighted by Gasteiger charge is -2.35. The minimum Gasteiger partial charge on any atom is -0.341 e. The molecule has 0 spiro atoms. The van der Waals surface area contributed by atoms with Crippen molar-refractivity contribution in [1.29, 1.82) is 0 Å². The van der Waals surface area contributed by atoms with E-state index in [-0.39, 0.29) is 23.1 Å². The molecule has 0 bridgehead atoms. The van der Waals surface area contributed by atoms with Crippen LogP contribution in [0.15, 0.2) is 59.6 Å². The van der Waals surface area contributed by atoms with Crippen LogP contribution in [0.4, 0.5) is 4.39 Å². The van der Waals surface area contributed by atoms with E-state index in [1.165, 1.54) is 18.2 Å². The summed E-state index contributed by atoms with van der Waals surface area (Å²) in [6, 6.07) is 12.8. The van der Waals surface area contributed by atoms with Gasteiger partial charge in [-0.15, -0.1) is 0 Å². The zero-order valence-electron chi connectivity index (χ0n) is 17.8. The van der Waals surface area contributed by atoms with Gasteiger partial charge in [0.25, 0.3) is 0 Å². The van der Waals surface area contributed by atoms with Gasteiger partial charge in [0.15, 0.2) is 9.84 Å². The van der Waals surface area contributed by atoms with Crippen LogP contribution in [0.1, 0.15) is 25.8 Å². The van der Waals surface area contributed by atoms with Crippen LogP contribution in [0.25, 0.3) is 10.9 Å². The van der Waals surface area contributed by atoms with E-state index in [9.17, 15) is 17.6 Å². The van der Waals surface area contributed by atoms with E-state index in [0.717, 1.165) is 19.5 Å². The van der Waals surface area contributed by atoms with E-state index in [0.29, 0.717) is 28.3 Å². The molecule has 1 aliphatic rings. The molecule has 1 fully saturated rings. The van der Waals surface area contributed by atoms with Crippen LogP contribution in [-0.4, -0.2) is 36.9 Å². The first-order valence-electron chi connectivity index (χ1n) is 10.6. The molecule has 0 aliphatic carbocycles. The molecule has 164 valence electrons. The summed E-state index contributed by atoms with van der Waals surface area (Å²) in [7, 11) is -3.73. The Morgan fingerprint density at radius 2 is 1.77 bits per heavy atom. The molecule has 1 amide bonds. The second-order valence-corrected chi connectivity index (χ2v) is 10.7. The highest BCUT2D eigenvalue weighted by Gasteiger charge is 2.27. The Labute approximate surface area is 182 Å². The number of para-hydroxylation sites is 1. The van der Waals surface area contributed by atoms with Gasteiger partial charge in [-0.1, -0.05) is 44.2 Å². The number of hydrogen-bond acceptors (Lipinski definition) is 3. The van der Waals surface area contributed by atoms with Crippen LogP contribution in [-0.2, 0) is 26.9 Å². The number of benzene rings is 2. The first-order chi connectivity index (χ1) is 14.7. The molecule has 1 aliphatic heterocycles. The fourth-order valence-electron chi connectivity index (χ4n) is 4.63. The van der Waals surface area contributed by atoms with Crippen molar-refractivity contribution in [1.82, 2.24) is 9.47 Å². The Kier molecular flexibility index (Phi) is 5.88. The topological polar surface area (TPSA) is 59.4 Å². The first kappa shape index (κ1) is 21.6. The van der Waals surface area contributed by atoms with Gasteiger partial charge in [0.05, 0.1) is 10.6 Å². The Hall–Kier alpha value is -2.67. The van der Waals surface area contributed by atoms with Gasteiger partial charge in [-0.3, -0.25) is 4.79 Å². The highest BCUT2D eigenvalue weighted by Crippen LogP contribution is 2.29. The minimum absolute atomic E-state index is 0.00627. The summed E-state index contributed by atoms with van der Waals surface area (Å²) in [4.78, 5) is 15.1. The zero-order valence-corrected chi connectivity index (χ0v) is 18.6. The number of likely N-dealkylation sites (tertiary alicyclic amines) is 1. The molecule has 4 rings (SSSR count). The lowest BCUT2D eigenvalue weighted by molar-refractivity contribution is -0.134. The molecule has 1 aromatic heterocycles. The second kappa shape index (κ2) is 8.46. The fraction of sp³-hybridized carbons (Fsp3) is 0.375. The number of rotatable bonds is 5. The number of sulfone groups is 1. The van der Waals surface area contributed by atoms with Gasteiger partial charge in [0.2, 0.25) is 5.91 Å². The molecule has 2 unspecified atom stereocenters. The van der Waals surface area contributed by atoms with Crippen molar-refractivity contribution in [3.63, 3.8) is 0 Å². The average molecular weight is 443 g/mol. The highest BCUT2D eigenvalue weighted by atomic mass is 32.2. The van der Waals surface area contributed by atoms with Crippen molar-refractivity contribution >= 4 is 26.6 Å². The van der Waals surface area contributed by atoms with Gasteiger partial charge in [0, 0.05) is 30.2 Å². The maximum absolute atomic E-state index is 13.5. The molecule has 0 saturated carbocycles. The van der Waals surface area contributed by atoms with Crippen molar-refractivity contribution in [2.45, 2.75) is 37.5 Å². The summed E-state index contributed by atoms with van der Waals surface area (Å²) >= 11 is 0. The summed E-state index contributed by atoms with van der Waals surface area (Å²) in [5.74, 6) is 0.139. The molecule has 2 aromatic carbocycles. The summed E-state index contributed by atoms with van der Waals surface area (Å²) in [5.41, 5.74) is 1.09. The number of carbonyl (C=O) groups excluding carboxylic acids is 1. The summed E-state index contributed by atoms with van der Waals surface area (Å²) in [5, 5.41) is 0.576. The third-order valence-electron chi connectivity index (χ3n) is 5.86. The van der Waals surface area contributed by atoms with Crippen molar-refractivity contribution in [3.8, 4) is 0 Å². The number of halogens is 1. The van der Waals surface area contributed by atoms with Crippen molar-refractivity contribution < 1.29 is 17.6 Å². The predicted molar refractivity (Wildman–Crippen MR) is 119 cm³/mol. The number of aromatic nitrogens is 1. The van der Waals surface area contributed by atoms with E-state index in [4.69, 9.17) is 0 Å². The number of piperidine rings is 1. The SMILES string of the molecule is CC1CC(C)CN(C(=O)Cn2cc(S(=O)(=O)Cc3cccc(F)c3)c3ccccc32)C1. The van der Waals surface area contributed by atoms with E-state index < -0.39 is 15.7 Å². The molecular weight excluding hydrogens is 415 g/mol. The highest BCUT2D eigenvalue weighted by molar-refractivity contribution is 7.90. The Balaban J connectivity index is 1.65. The molecule has 31 heavy (non-hydrogen) atoms. The number of carbonyl (C=O) groups is 1. The maximum atomic E-state index is 13.5. The van der Waals surface area contributed by atoms with Gasteiger partial charge in [0.1, 0.15) is 12.4 Å². The second-order valence-electron chi connectivity index (χ2n) is 8.77. The van der Waals surface area contributed by atoms with E-state index in [1.54, 1.807) is 29.0 Å². The van der Waals surface area contributed by atoms with Crippen LogP contribution in [0, 0.1) is 17.7 Å². The summed E-state index contributed by atoms with van der Waals surface area (Å²) < 4.78 is 41.6. The monoisotopic (exact) mass is 442 g/mol. The fourth-order valence-corrected chi connectivity index (χ4v) is 6.20. The standard InChI is InChI=1S/C24H27FN2O3S/c1-17-10-18(2)13-27(12-17)24(28)15-26-14-23(21-8-3-4-9-22(21)26)31(29,30)16-19-6-5-7-20(25)11-19/h3-9,11,14,17-18H,10,12-13,15-16H2,1-2H3. The molecule has 7 heteroatoms. The van der Waals surface area contributed by atoms with E-state index >= 15 is 0 Å². The number of nitrogens with zero attached hydrogens (tertiary/aromatic N) is 2. The quantitative estimate of drug-likeness (QED) is 0.593. The van der Waals surface area contributed by atoms with Crippen molar-refractivity contribution in [2.75, 3.05) is 13.1 Å². The summed E-state index contributed by atoms with van der Waals surface area (Å²) in [6.45, 7) is 5.85. The lowest BCUT2D eigenvalue weighted by Crippen LogP contribution is -2.43. The van der Waals surface area contributed by atoms with Gasteiger partial charge in [-0.05, 0) is 42.0 Å². The summed E-state index contributed by atoms with van der Waals surface area (Å²) in [6.07, 6.45) is 2.66. The Morgan fingerprint density at radius 3 is 2.48 bits per heavy atom. The smallest absolute Gasteiger partial charge is 0.242 e. The van der Waals surface area contributed by atoms with E-state index in [2.05, 4.69) is 13.8 Å². The molecule has 2 atom stereocenters. The van der Waals surface area contributed by atoms with Crippen LogP contribution >= 0.6 is 0 Å². The average Bonchev–Trinajstić information content (AvgIpc) is 3.06. The Bertz CT molecular complexity index is 1210. The van der Waals surface area contributed by atoms with Crippen LogP contribution in [0.5, 0.6) is 0 Å². The van der Waals surface area contributed by atoms with Crippen molar-refractivity contribution in [3.05, 3.63) is 66.1 Å². The molecule has 2 heterocycles. The first-order valence-corrected chi connectivity index (χ1v) is 12.2. The van der Waals surface area contributed by atoms with Crippen molar-refractivity contribution in [2.24, 2.45) is 11.8 Å². The van der Waals surface area contributed by atoms with E-state index in [1.807, 2.05) is 17.0 Å².